The number of hydrogen-bond donors (Lipinski definition) is 1. The third-order valence-corrected chi connectivity index (χ3v) is 2.76. The first-order valence-corrected chi connectivity index (χ1v) is 6.10. The second-order valence-electron chi connectivity index (χ2n) is 4.40. The van der Waals surface area contributed by atoms with E-state index in [0.717, 1.165) is 0 Å². The maximum atomic E-state index is 11.3. The Kier molecular flexibility index (Phi) is 4.17. The molecule has 0 aliphatic rings. The van der Waals surface area contributed by atoms with Gasteiger partial charge in [0.1, 0.15) is 12.1 Å². The minimum Gasteiger partial charge on any atom is -0.497 e. The van der Waals surface area contributed by atoms with Gasteiger partial charge >= 0.3 is 5.69 Å². The molecule has 0 unspecified atom stereocenters. The quantitative estimate of drug-likeness (QED) is 0.666. The smallest absolute Gasteiger partial charge is 0.353 e. The lowest BCUT2D eigenvalue weighted by atomic mass is 10.3. The van der Waals surface area contributed by atoms with E-state index in [4.69, 9.17) is 4.74 Å². The third-order valence-electron chi connectivity index (χ3n) is 2.76. The monoisotopic (exact) mass is 289 g/mol. The van der Waals surface area contributed by atoms with E-state index in [2.05, 4.69) is 15.3 Å². The van der Waals surface area contributed by atoms with Crippen LogP contribution in [0, 0.1) is 10.1 Å². The highest BCUT2D eigenvalue weighted by molar-refractivity contribution is 5.74. The number of aromatic nitrogens is 2. The number of rotatable bonds is 5. The molecule has 0 amide bonds. The van der Waals surface area contributed by atoms with Crippen LogP contribution in [0.15, 0.2) is 30.6 Å². The molecule has 2 aromatic rings. The maximum Gasteiger partial charge on any atom is 0.353 e. The lowest BCUT2D eigenvalue weighted by Crippen LogP contribution is -2.14. The topological polar surface area (TPSA) is 93.4 Å². The van der Waals surface area contributed by atoms with Gasteiger partial charge in [-0.1, -0.05) is 0 Å². The average Bonchev–Trinajstić information content (AvgIpc) is 2.47. The van der Waals surface area contributed by atoms with Gasteiger partial charge in [-0.25, -0.2) is 9.97 Å². The fraction of sp³-hybridized carbons (Fsp3) is 0.231. The first-order chi connectivity index (χ1) is 10.0. The highest BCUT2D eigenvalue weighted by Crippen LogP contribution is 2.32. The van der Waals surface area contributed by atoms with Gasteiger partial charge in [0.05, 0.1) is 12.0 Å². The second-order valence-corrected chi connectivity index (χ2v) is 4.40. The molecule has 0 saturated heterocycles. The number of ether oxygens (including phenoxy) is 1. The van der Waals surface area contributed by atoms with Crippen LogP contribution in [0.2, 0.25) is 0 Å². The van der Waals surface area contributed by atoms with Crippen molar-refractivity contribution in [2.24, 2.45) is 0 Å². The minimum atomic E-state index is -0.499. The number of benzene rings is 1. The summed E-state index contributed by atoms with van der Waals surface area (Å²) >= 11 is 0. The van der Waals surface area contributed by atoms with Crippen LogP contribution in [0.1, 0.15) is 0 Å². The summed E-state index contributed by atoms with van der Waals surface area (Å²) in [6.45, 7) is 0. The van der Waals surface area contributed by atoms with Crippen LogP contribution in [-0.2, 0) is 0 Å². The van der Waals surface area contributed by atoms with Crippen LogP contribution in [-0.4, -0.2) is 36.1 Å². The Balaban J connectivity index is 2.38. The predicted octanol–water partition coefficient (Wildman–Crippen LogP) is 2.20. The van der Waals surface area contributed by atoms with E-state index >= 15 is 0 Å². The molecular formula is C13H15N5O3. The van der Waals surface area contributed by atoms with Crippen molar-refractivity contribution >= 4 is 23.0 Å². The Morgan fingerprint density at radius 1 is 1.24 bits per heavy atom. The maximum absolute atomic E-state index is 11.3. The van der Waals surface area contributed by atoms with Crippen LogP contribution in [0.4, 0.5) is 23.0 Å². The summed E-state index contributed by atoms with van der Waals surface area (Å²) in [7, 11) is 4.94. The molecule has 0 atom stereocenters. The number of nitrogens with zero attached hydrogens (tertiary/aromatic N) is 4. The molecule has 8 heteroatoms. The second kappa shape index (κ2) is 6.04. The molecule has 0 aliphatic heterocycles. The molecule has 0 saturated carbocycles. The standard InChI is InChI=1S/C13H15N5O3/c1-17(2)13-11(18(19)20)12(14-8-15-13)16-9-4-6-10(21-3)7-5-9/h4-8H,1-3H3,(H,14,15,16). The first-order valence-electron chi connectivity index (χ1n) is 6.10. The summed E-state index contributed by atoms with van der Waals surface area (Å²) in [5, 5.41) is 14.2. The molecule has 1 aromatic carbocycles. The van der Waals surface area contributed by atoms with Crippen molar-refractivity contribution in [2.45, 2.75) is 0 Å². The van der Waals surface area contributed by atoms with E-state index in [1.54, 1.807) is 50.4 Å². The van der Waals surface area contributed by atoms with Gasteiger partial charge in [-0.15, -0.1) is 0 Å². The largest absolute Gasteiger partial charge is 0.497 e. The van der Waals surface area contributed by atoms with Gasteiger partial charge in [0.15, 0.2) is 0 Å². The highest BCUT2D eigenvalue weighted by atomic mass is 16.6. The highest BCUT2D eigenvalue weighted by Gasteiger charge is 2.24. The van der Waals surface area contributed by atoms with E-state index in [0.29, 0.717) is 11.4 Å². The number of nitro groups is 1. The van der Waals surface area contributed by atoms with Crippen molar-refractivity contribution in [3.05, 3.63) is 40.7 Å². The van der Waals surface area contributed by atoms with Crippen LogP contribution in [0.5, 0.6) is 5.75 Å². The van der Waals surface area contributed by atoms with Crippen molar-refractivity contribution < 1.29 is 9.66 Å². The molecule has 0 spiro atoms. The summed E-state index contributed by atoms with van der Waals surface area (Å²) in [5.41, 5.74) is 0.501. The molecule has 0 radical (unpaired) electrons. The van der Waals surface area contributed by atoms with Crippen molar-refractivity contribution in [3.63, 3.8) is 0 Å². The molecule has 0 aliphatic carbocycles. The third kappa shape index (κ3) is 3.16. The van der Waals surface area contributed by atoms with Gasteiger partial charge in [0.2, 0.25) is 11.6 Å². The zero-order valence-corrected chi connectivity index (χ0v) is 11.9. The molecule has 21 heavy (non-hydrogen) atoms. The van der Waals surface area contributed by atoms with Gasteiger partial charge in [-0.3, -0.25) is 10.1 Å². The number of methoxy groups -OCH3 is 1. The molecule has 8 nitrogen and oxygen atoms in total. The Labute approximate surface area is 121 Å². The molecule has 110 valence electrons. The normalized spacial score (nSPS) is 10.0. The Morgan fingerprint density at radius 3 is 2.43 bits per heavy atom. The summed E-state index contributed by atoms with van der Waals surface area (Å²) < 4.78 is 5.06. The van der Waals surface area contributed by atoms with Gasteiger partial charge in [-0.05, 0) is 24.3 Å². The van der Waals surface area contributed by atoms with Crippen LogP contribution in [0.25, 0.3) is 0 Å². The van der Waals surface area contributed by atoms with Crippen LogP contribution in [0.3, 0.4) is 0 Å². The van der Waals surface area contributed by atoms with Gasteiger partial charge in [0.25, 0.3) is 0 Å². The summed E-state index contributed by atoms with van der Waals surface area (Å²) in [5.74, 6) is 1.08. The first kappa shape index (κ1) is 14.5. The van der Waals surface area contributed by atoms with Gasteiger partial charge in [0, 0.05) is 19.8 Å². The van der Waals surface area contributed by atoms with Gasteiger partial charge in [-0.2, -0.15) is 0 Å². The minimum absolute atomic E-state index is 0.142. The molecule has 1 aromatic heterocycles. The van der Waals surface area contributed by atoms with E-state index in [9.17, 15) is 10.1 Å². The van der Waals surface area contributed by atoms with E-state index < -0.39 is 4.92 Å². The van der Waals surface area contributed by atoms with Crippen molar-refractivity contribution in [3.8, 4) is 5.75 Å². The zero-order valence-electron chi connectivity index (χ0n) is 11.9. The number of nitrogens with one attached hydrogen (secondary N) is 1. The SMILES string of the molecule is COc1ccc(Nc2ncnc(N(C)C)c2[N+](=O)[O-])cc1. The Bertz CT molecular complexity index is 643. The fourth-order valence-corrected chi connectivity index (χ4v) is 1.77. The number of hydrogen-bond acceptors (Lipinski definition) is 7. The number of anilines is 3. The summed E-state index contributed by atoms with van der Waals surface area (Å²) in [6.07, 6.45) is 1.29. The van der Waals surface area contributed by atoms with Crippen molar-refractivity contribution in [1.82, 2.24) is 9.97 Å². The average molecular weight is 289 g/mol. The molecule has 0 bridgehead atoms. The Hall–Kier alpha value is -2.90. The Morgan fingerprint density at radius 2 is 1.90 bits per heavy atom. The molecule has 0 fully saturated rings. The van der Waals surface area contributed by atoms with Crippen molar-refractivity contribution in [1.29, 1.82) is 0 Å². The molecule has 1 N–H and O–H groups in total. The predicted molar refractivity (Wildman–Crippen MR) is 79.3 cm³/mol. The molecule has 1 heterocycles. The lowest BCUT2D eigenvalue weighted by Gasteiger charge is -2.13. The van der Waals surface area contributed by atoms with E-state index in [1.165, 1.54) is 6.33 Å². The fourth-order valence-electron chi connectivity index (χ4n) is 1.77. The summed E-state index contributed by atoms with van der Waals surface area (Å²) in [4.78, 5) is 20.2. The van der Waals surface area contributed by atoms with Crippen LogP contribution >= 0.6 is 0 Å². The lowest BCUT2D eigenvalue weighted by molar-refractivity contribution is -0.383. The van der Waals surface area contributed by atoms with Crippen LogP contribution < -0.4 is 15.0 Å². The van der Waals surface area contributed by atoms with Crippen molar-refractivity contribution in [2.75, 3.05) is 31.4 Å². The van der Waals surface area contributed by atoms with Gasteiger partial charge < -0.3 is 15.0 Å². The van der Waals surface area contributed by atoms with E-state index in [1.807, 2.05) is 0 Å². The van der Waals surface area contributed by atoms with E-state index in [-0.39, 0.29) is 17.3 Å². The molecule has 2 rings (SSSR count). The molecular weight excluding hydrogens is 274 g/mol. The zero-order chi connectivity index (χ0) is 15.4. The summed E-state index contributed by atoms with van der Waals surface area (Å²) in [6, 6.07) is 7.00.